The first-order valence-electron chi connectivity index (χ1n) is 9.42. The number of benzene rings is 2. The third-order valence-electron chi connectivity index (χ3n) is 4.78. The molecule has 0 amide bonds. The summed E-state index contributed by atoms with van der Waals surface area (Å²) in [5, 5.41) is 9.99. The van der Waals surface area contributed by atoms with Crippen molar-refractivity contribution in [1.29, 1.82) is 0 Å². The Morgan fingerprint density at radius 3 is 2.54 bits per heavy atom. The second kappa shape index (κ2) is 9.22. The molecule has 1 saturated heterocycles. The molecule has 1 aliphatic rings. The lowest BCUT2D eigenvalue weighted by molar-refractivity contribution is 0.0410. The zero-order valence-electron chi connectivity index (χ0n) is 15.8. The Bertz CT molecular complexity index is 922. The van der Waals surface area contributed by atoms with Crippen LogP contribution >= 0.6 is 27.7 Å². The van der Waals surface area contributed by atoms with E-state index in [1.165, 1.54) is 5.56 Å². The van der Waals surface area contributed by atoms with Crippen molar-refractivity contribution in [3.05, 3.63) is 58.6 Å². The summed E-state index contributed by atoms with van der Waals surface area (Å²) in [6.45, 7) is 6.80. The van der Waals surface area contributed by atoms with Crippen molar-refractivity contribution in [3.8, 4) is 17.1 Å². The highest BCUT2D eigenvalue weighted by Crippen LogP contribution is 2.32. The molecular formula is C21H23BrN4OS. The van der Waals surface area contributed by atoms with Gasteiger partial charge < -0.3 is 4.74 Å². The first-order valence-corrected chi connectivity index (χ1v) is 11.2. The van der Waals surface area contributed by atoms with E-state index in [1.807, 2.05) is 18.2 Å². The van der Waals surface area contributed by atoms with Crippen LogP contribution in [-0.4, -0.2) is 58.3 Å². The zero-order valence-corrected chi connectivity index (χ0v) is 18.2. The van der Waals surface area contributed by atoms with Gasteiger partial charge in [-0.2, -0.15) is 0 Å². The van der Waals surface area contributed by atoms with E-state index >= 15 is 0 Å². The van der Waals surface area contributed by atoms with Crippen LogP contribution in [0.5, 0.6) is 0 Å². The largest absolute Gasteiger partial charge is 0.379 e. The second-order valence-electron chi connectivity index (χ2n) is 6.76. The van der Waals surface area contributed by atoms with E-state index < -0.39 is 0 Å². The number of morpholine rings is 1. The van der Waals surface area contributed by atoms with E-state index in [0.717, 1.165) is 65.3 Å². The van der Waals surface area contributed by atoms with Crippen LogP contribution in [0, 0.1) is 6.92 Å². The van der Waals surface area contributed by atoms with Crippen LogP contribution in [0.2, 0.25) is 0 Å². The monoisotopic (exact) mass is 458 g/mol. The number of aryl methyl sites for hydroxylation is 1. The van der Waals surface area contributed by atoms with E-state index in [0.29, 0.717) is 0 Å². The number of nitrogens with zero attached hydrogens (tertiary/aromatic N) is 4. The van der Waals surface area contributed by atoms with Crippen LogP contribution in [0.1, 0.15) is 5.56 Å². The molecule has 0 N–H and O–H groups in total. The van der Waals surface area contributed by atoms with Crippen LogP contribution < -0.4 is 0 Å². The molecule has 28 heavy (non-hydrogen) atoms. The molecule has 0 spiro atoms. The van der Waals surface area contributed by atoms with Crippen molar-refractivity contribution in [2.75, 3.05) is 38.6 Å². The van der Waals surface area contributed by atoms with Crippen LogP contribution in [-0.2, 0) is 4.74 Å². The Hall–Kier alpha value is -1.67. The minimum absolute atomic E-state index is 0.830. The van der Waals surface area contributed by atoms with Gasteiger partial charge in [0.15, 0.2) is 11.0 Å². The smallest absolute Gasteiger partial charge is 0.196 e. The molecule has 0 saturated carbocycles. The van der Waals surface area contributed by atoms with Crippen molar-refractivity contribution < 1.29 is 4.74 Å². The summed E-state index contributed by atoms with van der Waals surface area (Å²) in [7, 11) is 0. The molecule has 0 radical (unpaired) electrons. The number of hydrogen-bond acceptors (Lipinski definition) is 5. The highest BCUT2D eigenvalue weighted by Gasteiger charge is 2.18. The maximum Gasteiger partial charge on any atom is 0.196 e. The zero-order chi connectivity index (χ0) is 19.3. The van der Waals surface area contributed by atoms with Gasteiger partial charge in [-0.1, -0.05) is 63.6 Å². The van der Waals surface area contributed by atoms with Crippen molar-refractivity contribution in [3.63, 3.8) is 0 Å². The van der Waals surface area contributed by atoms with Crippen molar-refractivity contribution in [2.24, 2.45) is 0 Å². The first kappa shape index (κ1) is 19.6. The summed E-state index contributed by atoms with van der Waals surface area (Å²) in [6, 6.07) is 16.7. The molecule has 2 heterocycles. The van der Waals surface area contributed by atoms with Gasteiger partial charge in [0.2, 0.25) is 0 Å². The molecule has 0 unspecified atom stereocenters. The van der Waals surface area contributed by atoms with Crippen molar-refractivity contribution in [1.82, 2.24) is 19.7 Å². The Morgan fingerprint density at radius 1 is 1.04 bits per heavy atom. The van der Waals surface area contributed by atoms with Crippen LogP contribution in [0.25, 0.3) is 17.1 Å². The molecular weight excluding hydrogens is 436 g/mol. The van der Waals surface area contributed by atoms with E-state index in [1.54, 1.807) is 11.8 Å². The number of halogens is 1. The van der Waals surface area contributed by atoms with Gasteiger partial charge in [-0.3, -0.25) is 9.47 Å². The predicted molar refractivity (Wildman–Crippen MR) is 117 cm³/mol. The number of hydrogen-bond donors (Lipinski definition) is 0. The molecule has 4 rings (SSSR count). The maximum atomic E-state index is 5.44. The van der Waals surface area contributed by atoms with Gasteiger partial charge in [-0.25, -0.2) is 0 Å². The number of rotatable bonds is 6. The fourth-order valence-corrected chi connectivity index (χ4v) is 4.61. The van der Waals surface area contributed by atoms with Gasteiger partial charge in [0.1, 0.15) is 0 Å². The fourth-order valence-electron chi connectivity index (χ4n) is 3.20. The summed E-state index contributed by atoms with van der Waals surface area (Å²) < 4.78 is 8.61. The molecule has 0 bridgehead atoms. The Labute approximate surface area is 178 Å². The molecule has 1 aliphatic heterocycles. The fraction of sp³-hybridized carbons (Fsp3) is 0.333. The normalized spacial score (nSPS) is 15.1. The van der Waals surface area contributed by atoms with E-state index in [2.05, 4.69) is 72.8 Å². The molecule has 1 fully saturated rings. The van der Waals surface area contributed by atoms with E-state index in [9.17, 15) is 0 Å². The lowest BCUT2D eigenvalue weighted by Gasteiger charge is -2.26. The van der Waals surface area contributed by atoms with Gasteiger partial charge in [0.25, 0.3) is 0 Å². The molecule has 0 atom stereocenters. The molecule has 5 nitrogen and oxygen atoms in total. The van der Waals surface area contributed by atoms with Crippen molar-refractivity contribution >= 4 is 27.7 Å². The molecule has 0 aliphatic carbocycles. The van der Waals surface area contributed by atoms with Gasteiger partial charge in [-0.15, -0.1) is 10.2 Å². The average molecular weight is 459 g/mol. The Balaban J connectivity index is 1.62. The number of thioether (sulfide) groups is 1. The van der Waals surface area contributed by atoms with Gasteiger partial charge in [-0.05, 0) is 25.1 Å². The third kappa shape index (κ3) is 4.49. The number of ether oxygens (including phenoxy) is 1. The molecule has 3 aromatic rings. The predicted octanol–water partition coefficient (Wildman–Crippen LogP) is 4.43. The van der Waals surface area contributed by atoms with Gasteiger partial charge in [0.05, 0.1) is 13.2 Å². The summed E-state index contributed by atoms with van der Waals surface area (Å²) in [5.41, 5.74) is 3.35. The topological polar surface area (TPSA) is 43.2 Å². The molecule has 7 heteroatoms. The standard InChI is InChI=1S/C21H23BrN4OS/c1-16-6-8-17(9-7-16)26-20(18-4-2-3-5-19(18)22)23-24-21(26)28-15-12-25-10-13-27-14-11-25/h2-9H,10-15H2,1H3. The Morgan fingerprint density at radius 2 is 1.79 bits per heavy atom. The summed E-state index contributed by atoms with van der Waals surface area (Å²) in [4.78, 5) is 2.44. The van der Waals surface area contributed by atoms with Crippen LogP contribution in [0.3, 0.4) is 0 Å². The number of aromatic nitrogens is 3. The second-order valence-corrected chi connectivity index (χ2v) is 8.68. The quantitative estimate of drug-likeness (QED) is 0.511. The first-order chi connectivity index (χ1) is 13.7. The van der Waals surface area contributed by atoms with E-state index in [-0.39, 0.29) is 0 Å². The minimum Gasteiger partial charge on any atom is -0.379 e. The maximum absolute atomic E-state index is 5.44. The molecule has 146 valence electrons. The van der Waals surface area contributed by atoms with Crippen molar-refractivity contribution in [2.45, 2.75) is 12.1 Å². The minimum atomic E-state index is 0.830. The summed E-state index contributed by atoms with van der Waals surface area (Å²) in [6.07, 6.45) is 0. The van der Waals surface area contributed by atoms with Crippen LogP contribution in [0.15, 0.2) is 58.2 Å². The summed E-state index contributed by atoms with van der Waals surface area (Å²) in [5.74, 6) is 1.82. The summed E-state index contributed by atoms with van der Waals surface area (Å²) >= 11 is 5.41. The SMILES string of the molecule is Cc1ccc(-n2c(SCCN3CCOCC3)nnc2-c2ccccc2Br)cc1. The lowest BCUT2D eigenvalue weighted by atomic mass is 10.2. The molecule has 2 aromatic carbocycles. The highest BCUT2D eigenvalue weighted by molar-refractivity contribution is 9.10. The van der Waals surface area contributed by atoms with Gasteiger partial charge >= 0.3 is 0 Å². The average Bonchev–Trinajstić information content (AvgIpc) is 3.13. The lowest BCUT2D eigenvalue weighted by Crippen LogP contribution is -2.37. The highest BCUT2D eigenvalue weighted by atomic mass is 79.9. The Kier molecular flexibility index (Phi) is 6.47. The third-order valence-corrected chi connectivity index (χ3v) is 6.38. The van der Waals surface area contributed by atoms with Gasteiger partial charge in [0, 0.05) is 41.1 Å². The van der Waals surface area contributed by atoms with Crippen LogP contribution in [0.4, 0.5) is 0 Å². The molecule has 1 aromatic heterocycles. The van der Waals surface area contributed by atoms with E-state index in [4.69, 9.17) is 4.74 Å².